The second-order valence-electron chi connectivity index (χ2n) is 5.63. The Kier molecular flexibility index (Phi) is 3.94. The van der Waals surface area contributed by atoms with E-state index < -0.39 is 0 Å². The molecule has 3 nitrogen and oxygen atoms in total. The van der Waals surface area contributed by atoms with E-state index in [1.54, 1.807) is 10.9 Å². The Labute approximate surface area is 135 Å². The average molecular weight is 302 g/mol. The lowest BCUT2D eigenvalue weighted by Crippen LogP contribution is -2.14. The van der Waals surface area contributed by atoms with Crippen molar-refractivity contribution in [1.82, 2.24) is 9.55 Å². The lowest BCUT2D eigenvalue weighted by Gasteiger charge is -2.13. The van der Waals surface area contributed by atoms with E-state index in [9.17, 15) is 4.79 Å². The van der Waals surface area contributed by atoms with Gasteiger partial charge in [-0.1, -0.05) is 54.6 Å². The first kappa shape index (κ1) is 15.0. The van der Waals surface area contributed by atoms with Crippen LogP contribution < -0.4 is 0 Å². The van der Waals surface area contributed by atoms with E-state index in [1.165, 1.54) is 0 Å². The number of imidazole rings is 1. The van der Waals surface area contributed by atoms with E-state index in [1.807, 2.05) is 68.4 Å². The van der Waals surface area contributed by atoms with E-state index in [2.05, 4.69) is 11.6 Å². The van der Waals surface area contributed by atoms with Crippen LogP contribution in [0.15, 0.2) is 78.6 Å². The molecule has 0 N–H and O–H groups in total. The molecule has 0 aliphatic heterocycles. The molecule has 0 saturated carbocycles. The lowest BCUT2D eigenvalue weighted by molar-refractivity contribution is 0.0964. The summed E-state index contributed by atoms with van der Waals surface area (Å²) in [5.41, 5.74) is 4.84. The SMILES string of the molecule is C=C(C(C(=O)n1cnc2ccccc21)=C(C)C)c1ccccc1. The monoisotopic (exact) mass is 302 g/mol. The zero-order chi connectivity index (χ0) is 16.4. The molecule has 1 heterocycles. The van der Waals surface area contributed by atoms with Crippen LogP contribution in [0.5, 0.6) is 0 Å². The Hall–Kier alpha value is -2.94. The number of hydrogen-bond acceptors (Lipinski definition) is 2. The molecule has 0 saturated heterocycles. The Morgan fingerprint density at radius 3 is 2.35 bits per heavy atom. The second-order valence-corrected chi connectivity index (χ2v) is 5.63. The van der Waals surface area contributed by atoms with Crippen LogP contribution in [-0.4, -0.2) is 15.5 Å². The Morgan fingerprint density at radius 1 is 1.00 bits per heavy atom. The van der Waals surface area contributed by atoms with Gasteiger partial charge in [0.25, 0.3) is 5.91 Å². The zero-order valence-corrected chi connectivity index (χ0v) is 13.3. The molecule has 3 aromatic rings. The van der Waals surface area contributed by atoms with Gasteiger partial charge >= 0.3 is 0 Å². The molecule has 0 atom stereocenters. The van der Waals surface area contributed by atoms with E-state index in [0.29, 0.717) is 5.57 Å². The molecule has 3 heteroatoms. The van der Waals surface area contributed by atoms with Gasteiger partial charge in [0.05, 0.1) is 11.0 Å². The summed E-state index contributed by atoms with van der Waals surface area (Å²) in [5, 5.41) is 0. The highest BCUT2D eigenvalue weighted by atomic mass is 16.2. The molecule has 1 aromatic heterocycles. The molecular weight excluding hydrogens is 284 g/mol. The minimum atomic E-state index is -0.104. The van der Waals surface area contributed by atoms with Gasteiger partial charge in [-0.3, -0.25) is 9.36 Å². The van der Waals surface area contributed by atoms with Gasteiger partial charge < -0.3 is 0 Å². The summed E-state index contributed by atoms with van der Waals surface area (Å²) >= 11 is 0. The van der Waals surface area contributed by atoms with Gasteiger partial charge in [0, 0.05) is 5.57 Å². The summed E-state index contributed by atoms with van der Waals surface area (Å²) in [4.78, 5) is 17.4. The third-order valence-corrected chi connectivity index (χ3v) is 3.81. The first-order valence-electron chi connectivity index (χ1n) is 7.48. The highest BCUT2D eigenvalue weighted by Gasteiger charge is 2.19. The smallest absolute Gasteiger partial charge is 0.264 e. The fourth-order valence-corrected chi connectivity index (χ4v) is 2.67. The largest absolute Gasteiger partial charge is 0.268 e. The van der Waals surface area contributed by atoms with Crippen molar-refractivity contribution in [2.45, 2.75) is 13.8 Å². The van der Waals surface area contributed by atoms with Crippen LogP contribution in [0.1, 0.15) is 24.2 Å². The van der Waals surface area contributed by atoms with E-state index >= 15 is 0 Å². The highest BCUT2D eigenvalue weighted by molar-refractivity contribution is 6.12. The van der Waals surface area contributed by atoms with Crippen LogP contribution in [0.3, 0.4) is 0 Å². The van der Waals surface area contributed by atoms with Gasteiger partial charge in [0.1, 0.15) is 6.33 Å². The number of rotatable bonds is 3. The Balaban J connectivity index is 2.08. The number of allylic oxidation sites excluding steroid dienone is 3. The topological polar surface area (TPSA) is 34.9 Å². The minimum Gasteiger partial charge on any atom is -0.268 e. The molecular formula is C20H18N2O. The first-order valence-corrected chi connectivity index (χ1v) is 7.48. The number of hydrogen-bond donors (Lipinski definition) is 0. The highest BCUT2D eigenvalue weighted by Crippen LogP contribution is 2.26. The maximum absolute atomic E-state index is 13.1. The van der Waals surface area contributed by atoms with Crippen LogP contribution in [0.2, 0.25) is 0 Å². The molecule has 0 fully saturated rings. The number of benzene rings is 2. The molecule has 0 spiro atoms. The number of carbonyl (C=O) groups is 1. The second kappa shape index (κ2) is 6.05. The summed E-state index contributed by atoms with van der Waals surface area (Å²) in [5.74, 6) is -0.104. The normalized spacial score (nSPS) is 10.5. The molecule has 114 valence electrons. The number of carbonyl (C=O) groups excluding carboxylic acids is 1. The van der Waals surface area contributed by atoms with Crippen LogP contribution in [0.4, 0.5) is 0 Å². The molecule has 0 aliphatic carbocycles. The van der Waals surface area contributed by atoms with Gasteiger partial charge in [0.15, 0.2) is 0 Å². The third-order valence-electron chi connectivity index (χ3n) is 3.81. The Morgan fingerprint density at radius 2 is 1.65 bits per heavy atom. The average Bonchev–Trinajstić information content (AvgIpc) is 2.99. The standard InChI is InChI=1S/C20H18N2O/c1-14(2)19(15(3)16-9-5-4-6-10-16)20(23)22-13-21-17-11-7-8-12-18(17)22/h4-13H,3H2,1-2H3. The maximum Gasteiger partial charge on any atom is 0.264 e. The molecule has 23 heavy (non-hydrogen) atoms. The fourth-order valence-electron chi connectivity index (χ4n) is 2.67. The summed E-state index contributed by atoms with van der Waals surface area (Å²) in [6.07, 6.45) is 1.58. The number of para-hydroxylation sites is 2. The number of aromatic nitrogens is 2. The van der Waals surface area contributed by atoms with Gasteiger partial charge in [-0.2, -0.15) is 0 Å². The van der Waals surface area contributed by atoms with E-state index in [4.69, 9.17) is 0 Å². The van der Waals surface area contributed by atoms with Gasteiger partial charge in [-0.25, -0.2) is 4.98 Å². The van der Waals surface area contributed by atoms with Crippen LogP contribution in [-0.2, 0) is 0 Å². The third kappa shape index (κ3) is 2.73. The zero-order valence-electron chi connectivity index (χ0n) is 13.3. The van der Waals surface area contributed by atoms with Crippen molar-refractivity contribution >= 4 is 22.5 Å². The van der Waals surface area contributed by atoms with Gasteiger partial charge in [0.2, 0.25) is 0 Å². The van der Waals surface area contributed by atoms with E-state index in [0.717, 1.165) is 27.7 Å². The summed E-state index contributed by atoms with van der Waals surface area (Å²) in [6.45, 7) is 8.01. The van der Waals surface area contributed by atoms with Crippen molar-refractivity contribution in [1.29, 1.82) is 0 Å². The predicted molar refractivity (Wildman–Crippen MR) is 94.2 cm³/mol. The van der Waals surface area contributed by atoms with Crippen molar-refractivity contribution in [2.24, 2.45) is 0 Å². The summed E-state index contributed by atoms with van der Waals surface area (Å²) < 4.78 is 1.59. The predicted octanol–water partition coefficient (Wildman–Crippen LogP) is 4.73. The minimum absolute atomic E-state index is 0.104. The molecule has 0 amide bonds. The van der Waals surface area contributed by atoms with Crippen molar-refractivity contribution in [3.05, 3.63) is 84.2 Å². The van der Waals surface area contributed by atoms with Crippen LogP contribution >= 0.6 is 0 Å². The molecule has 0 radical (unpaired) electrons. The summed E-state index contributed by atoms with van der Waals surface area (Å²) in [6, 6.07) is 17.4. The molecule has 0 aliphatic rings. The fraction of sp³-hybridized carbons (Fsp3) is 0.100. The van der Waals surface area contributed by atoms with Crippen molar-refractivity contribution in [3.8, 4) is 0 Å². The van der Waals surface area contributed by atoms with Gasteiger partial charge in [-0.05, 0) is 37.1 Å². The first-order chi connectivity index (χ1) is 11.1. The van der Waals surface area contributed by atoms with Crippen LogP contribution in [0.25, 0.3) is 16.6 Å². The van der Waals surface area contributed by atoms with Gasteiger partial charge in [-0.15, -0.1) is 0 Å². The Bertz CT molecular complexity index is 913. The number of fused-ring (bicyclic) bond motifs is 1. The van der Waals surface area contributed by atoms with Crippen molar-refractivity contribution in [3.63, 3.8) is 0 Å². The quantitative estimate of drug-likeness (QED) is 0.518. The van der Waals surface area contributed by atoms with E-state index in [-0.39, 0.29) is 5.91 Å². The van der Waals surface area contributed by atoms with Crippen LogP contribution in [0, 0.1) is 0 Å². The molecule has 0 unspecified atom stereocenters. The molecule has 3 rings (SSSR count). The van der Waals surface area contributed by atoms with Crippen molar-refractivity contribution in [2.75, 3.05) is 0 Å². The molecule has 0 bridgehead atoms. The lowest BCUT2D eigenvalue weighted by atomic mass is 9.95. The summed E-state index contributed by atoms with van der Waals surface area (Å²) in [7, 11) is 0. The number of nitrogens with zero attached hydrogens (tertiary/aromatic N) is 2. The molecule has 2 aromatic carbocycles. The van der Waals surface area contributed by atoms with Crippen molar-refractivity contribution < 1.29 is 4.79 Å². The maximum atomic E-state index is 13.1.